The van der Waals surface area contributed by atoms with E-state index in [0.29, 0.717) is 22.9 Å². The predicted octanol–water partition coefficient (Wildman–Crippen LogP) is 6.22. The molecule has 1 amide bonds. The molecule has 0 fully saturated rings. The summed E-state index contributed by atoms with van der Waals surface area (Å²) in [6.45, 7) is 2.02. The maximum atomic E-state index is 12.9. The Kier molecular flexibility index (Phi) is 4.64. The molecule has 1 heterocycles. The number of methoxy groups -OCH3 is 1. The molecule has 5 heteroatoms. The molecular weight excluding hydrogens is 388 g/mol. The van der Waals surface area contributed by atoms with Gasteiger partial charge in [0.05, 0.1) is 12.7 Å². The van der Waals surface area contributed by atoms with Gasteiger partial charge in [-0.05, 0) is 71.8 Å². The number of aromatic nitrogens is 1. The van der Waals surface area contributed by atoms with Crippen molar-refractivity contribution < 1.29 is 13.9 Å². The van der Waals surface area contributed by atoms with Gasteiger partial charge in [0.2, 0.25) is 5.89 Å². The number of nitrogens with zero attached hydrogens (tertiary/aromatic N) is 1. The smallest absolute Gasteiger partial charge is 0.259 e. The van der Waals surface area contributed by atoms with Crippen molar-refractivity contribution >= 4 is 33.5 Å². The van der Waals surface area contributed by atoms with Crippen LogP contribution in [0.3, 0.4) is 0 Å². The molecule has 0 aliphatic heterocycles. The average Bonchev–Trinajstić information content (AvgIpc) is 3.21. The number of fused-ring (bicyclic) bond motifs is 2. The molecule has 1 N–H and O–H groups in total. The molecule has 0 saturated heterocycles. The Morgan fingerprint density at radius 3 is 2.42 bits per heavy atom. The molecular formula is C26H20N2O3. The number of benzene rings is 4. The summed E-state index contributed by atoms with van der Waals surface area (Å²) in [5, 5.41) is 4.94. The molecule has 152 valence electrons. The van der Waals surface area contributed by atoms with Crippen molar-refractivity contribution in [2.45, 2.75) is 6.92 Å². The normalized spacial score (nSPS) is 11.0. The maximum Gasteiger partial charge on any atom is 0.259 e. The van der Waals surface area contributed by atoms with Crippen molar-refractivity contribution in [2.24, 2.45) is 0 Å². The minimum absolute atomic E-state index is 0.229. The SMILES string of the molecule is COc1cc2ccccc2cc1C(=O)Nc1ccc(-c2nc3ccc(C)cc3o2)cc1. The monoisotopic (exact) mass is 408 g/mol. The molecule has 0 aliphatic rings. The lowest BCUT2D eigenvalue weighted by molar-refractivity contribution is 0.102. The molecule has 5 aromatic rings. The van der Waals surface area contributed by atoms with E-state index >= 15 is 0 Å². The molecule has 0 bridgehead atoms. The van der Waals surface area contributed by atoms with Crippen molar-refractivity contribution in [1.29, 1.82) is 0 Å². The molecule has 4 aromatic carbocycles. The van der Waals surface area contributed by atoms with E-state index in [-0.39, 0.29) is 5.91 Å². The van der Waals surface area contributed by atoms with Crippen LogP contribution in [0.1, 0.15) is 15.9 Å². The molecule has 0 spiro atoms. The Balaban J connectivity index is 1.40. The second-order valence-electron chi connectivity index (χ2n) is 7.42. The Bertz CT molecular complexity index is 1420. The number of amides is 1. The second kappa shape index (κ2) is 7.61. The minimum Gasteiger partial charge on any atom is -0.496 e. The summed E-state index contributed by atoms with van der Waals surface area (Å²) in [6, 6.07) is 24.9. The summed E-state index contributed by atoms with van der Waals surface area (Å²) in [5.74, 6) is 0.858. The standard InChI is InChI=1S/C26H20N2O3/c1-16-7-12-22-24(13-16)31-26(28-22)17-8-10-20(11-9-17)27-25(29)21-14-18-5-3-4-6-19(18)15-23(21)30-2/h3-15H,1-2H3,(H,27,29). The van der Waals surface area contributed by atoms with Crippen LogP contribution in [0.5, 0.6) is 5.75 Å². The lowest BCUT2D eigenvalue weighted by Gasteiger charge is -2.11. The first-order valence-corrected chi connectivity index (χ1v) is 9.96. The molecule has 1 aromatic heterocycles. The van der Waals surface area contributed by atoms with E-state index in [1.54, 1.807) is 7.11 Å². The van der Waals surface area contributed by atoms with Crippen molar-refractivity contribution in [3.05, 3.63) is 90.0 Å². The fraction of sp³-hybridized carbons (Fsp3) is 0.0769. The number of anilines is 1. The van der Waals surface area contributed by atoms with Crippen molar-refractivity contribution in [3.63, 3.8) is 0 Å². The summed E-state index contributed by atoms with van der Waals surface area (Å²) < 4.78 is 11.3. The number of hydrogen-bond donors (Lipinski definition) is 1. The van der Waals surface area contributed by atoms with Gasteiger partial charge in [-0.2, -0.15) is 0 Å². The molecule has 5 rings (SSSR count). The van der Waals surface area contributed by atoms with Crippen LogP contribution in [0.4, 0.5) is 5.69 Å². The number of carbonyl (C=O) groups is 1. The van der Waals surface area contributed by atoms with E-state index in [9.17, 15) is 4.79 Å². The first kappa shape index (κ1) is 18.9. The van der Waals surface area contributed by atoms with Crippen LogP contribution in [0.25, 0.3) is 33.3 Å². The van der Waals surface area contributed by atoms with Crippen LogP contribution in [0, 0.1) is 6.92 Å². The molecule has 0 aliphatic carbocycles. The molecule has 0 radical (unpaired) electrons. The molecule has 0 saturated carbocycles. The van der Waals surface area contributed by atoms with Gasteiger partial charge in [-0.25, -0.2) is 4.98 Å². The number of hydrogen-bond acceptors (Lipinski definition) is 4. The maximum absolute atomic E-state index is 12.9. The van der Waals surface area contributed by atoms with Crippen molar-refractivity contribution in [2.75, 3.05) is 12.4 Å². The first-order chi connectivity index (χ1) is 15.1. The zero-order valence-electron chi connectivity index (χ0n) is 17.2. The van der Waals surface area contributed by atoms with Crippen molar-refractivity contribution in [3.8, 4) is 17.2 Å². The minimum atomic E-state index is -0.229. The zero-order valence-corrected chi connectivity index (χ0v) is 17.2. The molecule has 5 nitrogen and oxygen atoms in total. The Hall–Kier alpha value is -4.12. The summed E-state index contributed by atoms with van der Waals surface area (Å²) in [4.78, 5) is 17.5. The van der Waals surface area contributed by atoms with Gasteiger partial charge in [0.1, 0.15) is 11.3 Å². The Labute approximate surface area is 179 Å². The van der Waals surface area contributed by atoms with Gasteiger partial charge >= 0.3 is 0 Å². The predicted molar refractivity (Wildman–Crippen MR) is 123 cm³/mol. The third kappa shape index (κ3) is 3.62. The van der Waals surface area contributed by atoms with E-state index in [1.807, 2.05) is 85.8 Å². The van der Waals surface area contributed by atoms with Crippen molar-refractivity contribution in [1.82, 2.24) is 4.98 Å². The average molecular weight is 408 g/mol. The lowest BCUT2D eigenvalue weighted by atomic mass is 10.1. The van der Waals surface area contributed by atoms with Crippen LogP contribution < -0.4 is 10.1 Å². The highest BCUT2D eigenvalue weighted by atomic mass is 16.5. The molecule has 0 unspecified atom stereocenters. The second-order valence-corrected chi connectivity index (χ2v) is 7.42. The van der Waals surface area contributed by atoms with Crippen LogP contribution in [-0.4, -0.2) is 18.0 Å². The largest absolute Gasteiger partial charge is 0.496 e. The van der Waals surface area contributed by atoms with E-state index in [2.05, 4.69) is 10.3 Å². The lowest BCUT2D eigenvalue weighted by Crippen LogP contribution is -2.13. The number of aryl methyl sites for hydroxylation is 1. The molecule has 0 atom stereocenters. The third-order valence-electron chi connectivity index (χ3n) is 5.25. The summed E-state index contributed by atoms with van der Waals surface area (Å²) in [5.41, 5.74) is 4.71. The third-order valence-corrected chi connectivity index (χ3v) is 5.25. The highest BCUT2D eigenvalue weighted by Crippen LogP contribution is 2.28. The number of ether oxygens (including phenoxy) is 1. The Morgan fingerprint density at radius 1 is 0.935 bits per heavy atom. The van der Waals surface area contributed by atoms with E-state index in [1.165, 1.54) is 0 Å². The van der Waals surface area contributed by atoms with Gasteiger partial charge < -0.3 is 14.5 Å². The topological polar surface area (TPSA) is 64.4 Å². The van der Waals surface area contributed by atoms with Crippen LogP contribution >= 0.6 is 0 Å². The number of rotatable bonds is 4. The van der Waals surface area contributed by atoms with E-state index in [4.69, 9.17) is 9.15 Å². The Morgan fingerprint density at radius 2 is 1.68 bits per heavy atom. The quantitative estimate of drug-likeness (QED) is 0.384. The summed E-state index contributed by atoms with van der Waals surface area (Å²) in [7, 11) is 1.57. The van der Waals surface area contributed by atoms with Crippen LogP contribution in [0.15, 0.2) is 83.3 Å². The highest BCUT2D eigenvalue weighted by molar-refractivity contribution is 6.08. The van der Waals surface area contributed by atoms with Gasteiger partial charge in [-0.15, -0.1) is 0 Å². The van der Waals surface area contributed by atoms with Gasteiger partial charge in [-0.1, -0.05) is 30.3 Å². The highest BCUT2D eigenvalue weighted by Gasteiger charge is 2.15. The fourth-order valence-corrected chi connectivity index (χ4v) is 3.62. The zero-order chi connectivity index (χ0) is 21.4. The number of carbonyl (C=O) groups excluding carboxylic acids is 1. The first-order valence-electron chi connectivity index (χ1n) is 9.96. The fourth-order valence-electron chi connectivity index (χ4n) is 3.62. The van der Waals surface area contributed by atoms with Gasteiger partial charge in [-0.3, -0.25) is 4.79 Å². The van der Waals surface area contributed by atoms with Crippen LogP contribution in [0.2, 0.25) is 0 Å². The summed E-state index contributed by atoms with van der Waals surface area (Å²) in [6.07, 6.45) is 0. The van der Waals surface area contributed by atoms with Gasteiger partial charge in [0.15, 0.2) is 5.58 Å². The van der Waals surface area contributed by atoms with Crippen LogP contribution in [-0.2, 0) is 0 Å². The molecule has 31 heavy (non-hydrogen) atoms. The van der Waals surface area contributed by atoms with E-state index < -0.39 is 0 Å². The van der Waals surface area contributed by atoms with Gasteiger partial charge in [0.25, 0.3) is 5.91 Å². The number of oxazole rings is 1. The van der Waals surface area contributed by atoms with E-state index in [0.717, 1.165) is 33.0 Å². The summed E-state index contributed by atoms with van der Waals surface area (Å²) >= 11 is 0. The number of nitrogens with one attached hydrogen (secondary N) is 1. The van der Waals surface area contributed by atoms with Gasteiger partial charge in [0, 0.05) is 11.3 Å².